The first kappa shape index (κ1) is 28.0. The lowest BCUT2D eigenvalue weighted by molar-refractivity contribution is -0.137. The van der Waals surface area contributed by atoms with Gasteiger partial charge in [-0.05, 0) is 54.5 Å². The number of alkyl halides is 3. The number of rotatable bonds is 6. The van der Waals surface area contributed by atoms with E-state index in [-0.39, 0.29) is 33.7 Å². The molecule has 7 nitrogen and oxygen atoms in total. The van der Waals surface area contributed by atoms with E-state index in [2.05, 4.69) is 0 Å². The monoisotopic (exact) mass is 578 g/mol. The number of nitrogens with zero attached hydrogens (tertiary/aromatic N) is 1. The van der Waals surface area contributed by atoms with Crippen molar-refractivity contribution < 1.29 is 37.0 Å². The molecule has 39 heavy (non-hydrogen) atoms. The molecule has 0 radical (unpaired) electrons. The van der Waals surface area contributed by atoms with Crippen LogP contribution >= 0.6 is 23.2 Å². The van der Waals surface area contributed by atoms with Gasteiger partial charge in [0, 0.05) is 0 Å². The van der Waals surface area contributed by atoms with Crippen molar-refractivity contribution in [3.8, 4) is 11.5 Å². The van der Waals surface area contributed by atoms with Crippen LogP contribution in [0, 0.1) is 6.92 Å². The summed E-state index contributed by atoms with van der Waals surface area (Å²) >= 11 is 12.4. The van der Waals surface area contributed by atoms with Crippen LogP contribution in [-0.2, 0) is 22.4 Å². The predicted octanol–water partition coefficient (Wildman–Crippen LogP) is 6.57. The van der Waals surface area contributed by atoms with Crippen molar-refractivity contribution in [2.45, 2.75) is 19.7 Å². The third-order valence-electron chi connectivity index (χ3n) is 5.64. The van der Waals surface area contributed by atoms with E-state index in [0.717, 1.165) is 23.3 Å². The van der Waals surface area contributed by atoms with Gasteiger partial charge in [-0.3, -0.25) is 14.9 Å². The van der Waals surface area contributed by atoms with E-state index in [1.165, 1.54) is 19.2 Å². The summed E-state index contributed by atoms with van der Waals surface area (Å²) in [4.78, 5) is 38.6. The topological polar surface area (TPSA) is 84.9 Å². The van der Waals surface area contributed by atoms with Crippen molar-refractivity contribution in [1.82, 2.24) is 5.32 Å². The molecule has 4 rings (SSSR count). The van der Waals surface area contributed by atoms with Crippen molar-refractivity contribution in [3.05, 3.63) is 92.5 Å². The normalized spacial score (nSPS) is 15.0. The summed E-state index contributed by atoms with van der Waals surface area (Å²) in [7, 11) is 1.37. The fourth-order valence-electron chi connectivity index (χ4n) is 3.82. The van der Waals surface area contributed by atoms with E-state index in [1.54, 1.807) is 0 Å². The fraction of sp³-hybridized carbons (Fsp3) is 0.148. The van der Waals surface area contributed by atoms with Crippen LogP contribution in [0.1, 0.15) is 22.3 Å². The van der Waals surface area contributed by atoms with Crippen molar-refractivity contribution in [2.24, 2.45) is 0 Å². The highest BCUT2D eigenvalue weighted by Crippen LogP contribution is 2.39. The van der Waals surface area contributed by atoms with Gasteiger partial charge in [0.05, 0.1) is 28.4 Å². The van der Waals surface area contributed by atoms with Gasteiger partial charge in [-0.2, -0.15) is 13.2 Å². The number of carbonyl (C=O) groups excluding carboxylic acids is 3. The molecule has 1 N–H and O–H groups in total. The van der Waals surface area contributed by atoms with Crippen LogP contribution in [0.4, 0.5) is 23.7 Å². The second-order valence-corrected chi connectivity index (χ2v) is 9.25. The van der Waals surface area contributed by atoms with Gasteiger partial charge in [0.25, 0.3) is 11.8 Å². The molecule has 1 saturated heterocycles. The van der Waals surface area contributed by atoms with E-state index in [4.69, 9.17) is 32.7 Å². The first-order valence-electron chi connectivity index (χ1n) is 11.2. The average Bonchev–Trinajstić information content (AvgIpc) is 2.86. The Morgan fingerprint density at radius 3 is 2.41 bits per heavy atom. The summed E-state index contributed by atoms with van der Waals surface area (Å²) in [5, 5.41) is 1.74. The van der Waals surface area contributed by atoms with Crippen LogP contribution in [-0.4, -0.2) is 25.0 Å². The van der Waals surface area contributed by atoms with E-state index >= 15 is 0 Å². The summed E-state index contributed by atoms with van der Waals surface area (Å²) in [5.74, 6) is -1.83. The SMILES string of the molecule is COc1cc(/C=C2/C(=O)NC(=O)N(c3cc(C(F)(F)F)ccc3Cl)C2=O)cc(Cl)c1OCc1cccc(C)c1. The molecular weight excluding hydrogens is 560 g/mol. The third kappa shape index (κ3) is 6.02. The van der Waals surface area contributed by atoms with Crippen LogP contribution in [0.3, 0.4) is 0 Å². The largest absolute Gasteiger partial charge is 0.493 e. The molecule has 0 spiro atoms. The number of imide groups is 2. The minimum absolute atomic E-state index is 0.103. The molecule has 1 heterocycles. The molecule has 0 atom stereocenters. The number of methoxy groups -OCH3 is 1. The molecule has 0 bridgehead atoms. The second kappa shape index (κ2) is 11.0. The Hall–Kier alpha value is -4.02. The van der Waals surface area contributed by atoms with E-state index in [9.17, 15) is 27.6 Å². The molecule has 0 saturated carbocycles. The molecule has 0 unspecified atom stereocenters. The van der Waals surface area contributed by atoms with Crippen molar-refractivity contribution >= 4 is 52.8 Å². The molecule has 202 valence electrons. The maximum Gasteiger partial charge on any atom is 0.416 e. The third-order valence-corrected chi connectivity index (χ3v) is 6.24. The number of benzene rings is 3. The Bertz CT molecular complexity index is 1520. The number of nitrogens with one attached hydrogen (secondary N) is 1. The fourth-order valence-corrected chi connectivity index (χ4v) is 4.30. The number of hydrogen-bond donors (Lipinski definition) is 1. The van der Waals surface area contributed by atoms with Gasteiger partial charge < -0.3 is 9.47 Å². The van der Waals surface area contributed by atoms with Crippen LogP contribution in [0.2, 0.25) is 10.0 Å². The number of urea groups is 1. The molecule has 1 fully saturated rings. The van der Waals surface area contributed by atoms with Crippen LogP contribution in [0.5, 0.6) is 11.5 Å². The number of carbonyl (C=O) groups is 3. The Morgan fingerprint density at radius 1 is 1.00 bits per heavy atom. The van der Waals surface area contributed by atoms with Gasteiger partial charge in [0.1, 0.15) is 12.2 Å². The summed E-state index contributed by atoms with van der Waals surface area (Å²) in [6.07, 6.45) is -3.64. The smallest absolute Gasteiger partial charge is 0.416 e. The standard InChI is InChI=1S/C27H19Cl2F3N2O5/c1-14-4-3-5-15(8-14)13-39-23-20(29)10-16(11-22(23)38-2)9-18-24(35)33-26(37)34(25(18)36)21-12-17(27(30,31)32)6-7-19(21)28/h3-12H,13H2,1-2H3,(H,33,35,37)/b18-9-. The Labute approximate surface area is 230 Å². The van der Waals surface area contributed by atoms with Crippen molar-refractivity contribution in [1.29, 1.82) is 0 Å². The Balaban J connectivity index is 1.68. The molecule has 12 heteroatoms. The molecule has 1 aliphatic heterocycles. The highest BCUT2D eigenvalue weighted by molar-refractivity contribution is 6.42. The number of amides is 4. The second-order valence-electron chi connectivity index (χ2n) is 8.43. The zero-order valence-corrected chi connectivity index (χ0v) is 21.9. The number of halogens is 5. The van der Waals surface area contributed by atoms with Gasteiger partial charge in [-0.15, -0.1) is 0 Å². The zero-order chi connectivity index (χ0) is 28.5. The maximum atomic E-state index is 13.3. The van der Waals surface area contributed by atoms with E-state index in [1.807, 2.05) is 36.5 Å². The Morgan fingerprint density at radius 2 is 1.74 bits per heavy atom. The summed E-state index contributed by atoms with van der Waals surface area (Å²) in [5.41, 5.74) is -0.0600. The maximum absolute atomic E-state index is 13.3. The van der Waals surface area contributed by atoms with Gasteiger partial charge in [-0.25, -0.2) is 9.69 Å². The van der Waals surface area contributed by atoms with Crippen molar-refractivity contribution in [2.75, 3.05) is 12.0 Å². The van der Waals surface area contributed by atoms with Crippen LogP contribution in [0.15, 0.2) is 60.2 Å². The summed E-state index contributed by atoms with van der Waals surface area (Å²) in [6.45, 7) is 2.13. The summed E-state index contributed by atoms with van der Waals surface area (Å²) in [6, 6.07) is 11.4. The number of barbiturate groups is 1. The van der Waals surface area contributed by atoms with Gasteiger partial charge >= 0.3 is 12.2 Å². The molecule has 1 aliphatic rings. The molecule has 0 aromatic heterocycles. The molecule has 3 aromatic carbocycles. The van der Waals surface area contributed by atoms with Gasteiger partial charge in [-0.1, -0.05) is 53.0 Å². The van der Waals surface area contributed by atoms with Crippen molar-refractivity contribution in [3.63, 3.8) is 0 Å². The number of anilines is 1. The van der Waals surface area contributed by atoms with E-state index < -0.39 is 40.8 Å². The molecular formula is C27H19Cl2F3N2O5. The first-order valence-corrected chi connectivity index (χ1v) is 12.0. The first-order chi connectivity index (χ1) is 18.4. The van der Waals surface area contributed by atoms with Gasteiger partial charge in [0.2, 0.25) is 0 Å². The van der Waals surface area contributed by atoms with Gasteiger partial charge in [0.15, 0.2) is 11.5 Å². The minimum atomic E-state index is -4.76. The molecule has 3 aromatic rings. The van der Waals surface area contributed by atoms with Crippen LogP contribution in [0.25, 0.3) is 6.08 Å². The highest BCUT2D eigenvalue weighted by Gasteiger charge is 2.39. The lowest BCUT2D eigenvalue weighted by Gasteiger charge is -2.27. The summed E-state index contributed by atoms with van der Waals surface area (Å²) < 4.78 is 51.0. The zero-order valence-electron chi connectivity index (χ0n) is 20.4. The van der Waals surface area contributed by atoms with E-state index in [0.29, 0.717) is 17.0 Å². The van der Waals surface area contributed by atoms with Crippen LogP contribution < -0.4 is 19.7 Å². The number of ether oxygens (including phenoxy) is 2. The predicted molar refractivity (Wildman–Crippen MR) is 139 cm³/mol. The average molecular weight is 579 g/mol. The minimum Gasteiger partial charge on any atom is -0.493 e. The quantitative estimate of drug-likeness (QED) is 0.264. The number of hydrogen-bond acceptors (Lipinski definition) is 5. The lowest BCUT2D eigenvalue weighted by atomic mass is 10.1. The molecule has 0 aliphatic carbocycles. The Kier molecular flexibility index (Phi) is 7.89. The highest BCUT2D eigenvalue weighted by atomic mass is 35.5. The lowest BCUT2D eigenvalue weighted by Crippen LogP contribution is -2.54. The number of aryl methyl sites for hydroxylation is 1. The molecule has 4 amide bonds.